The lowest BCUT2D eigenvalue weighted by molar-refractivity contribution is 0.147. The van der Waals surface area contributed by atoms with Gasteiger partial charge in [0.25, 0.3) is 0 Å². The van der Waals surface area contributed by atoms with Gasteiger partial charge in [0.05, 0.1) is 12.2 Å². The van der Waals surface area contributed by atoms with Crippen LogP contribution in [0.5, 0.6) is 0 Å². The lowest BCUT2D eigenvalue weighted by atomic mass is 10.4. The van der Waals surface area contributed by atoms with E-state index in [1.54, 1.807) is 0 Å². The van der Waals surface area contributed by atoms with Gasteiger partial charge in [0.2, 0.25) is 0 Å². The zero-order valence-corrected chi connectivity index (χ0v) is 10.9. The highest BCUT2D eigenvalue weighted by molar-refractivity contribution is 7.58. The Labute approximate surface area is 92.4 Å². The maximum Gasteiger partial charge on any atom is 0.357 e. The summed E-state index contributed by atoms with van der Waals surface area (Å²) in [5.41, 5.74) is 0. The fourth-order valence-corrected chi connectivity index (χ4v) is 3.83. The molecule has 0 atom stereocenters. The van der Waals surface area contributed by atoms with E-state index in [9.17, 15) is 4.57 Å². The van der Waals surface area contributed by atoms with Gasteiger partial charge in [-0.15, -0.1) is 0 Å². The largest absolute Gasteiger partial charge is 0.357 e. The number of hydrogen-bond donors (Lipinski definition) is 0. The summed E-state index contributed by atoms with van der Waals surface area (Å²) in [6, 6.07) is 0. The Kier molecular flexibility index (Phi) is 4.57. The van der Waals surface area contributed by atoms with Crippen LogP contribution in [0.1, 0.15) is 47.0 Å². The Bertz CT molecular complexity index is 268. The molecule has 0 heterocycles. The molecular weight excluding hydrogens is 211 g/mol. The van der Waals surface area contributed by atoms with Gasteiger partial charge in [-0.2, -0.15) is 0 Å². The van der Waals surface area contributed by atoms with Crippen molar-refractivity contribution in [3.63, 3.8) is 0 Å². The van der Waals surface area contributed by atoms with Crippen LogP contribution in [0.3, 0.4) is 0 Å². The van der Waals surface area contributed by atoms with Gasteiger partial charge in [-0.25, -0.2) is 0 Å². The maximum absolute atomic E-state index is 12.5. The third kappa shape index (κ3) is 3.75. The highest BCUT2D eigenvalue weighted by atomic mass is 31.2. The fourth-order valence-electron chi connectivity index (χ4n) is 1.62. The van der Waals surface area contributed by atoms with E-state index < -0.39 is 7.60 Å². The minimum atomic E-state index is -3.02. The predicted molar refractivity (Wildman–Crippen MR) is 62.0 cm³/mol. The van der Waals surface area contributed by atoms with Gasteiger partial charge < -0.3 is 9.05 Å². The molecule has 0 amide bonds. The first-order valence-electron chi connectivity index (χ1n) is 5.60. The molecule has 4 heteroatoms. The summed E-state index contributed by atoms with van der Waals surface area (Å²) in [5.74, 6) is 0. The molecule has 0 saturated carbocycles. The molecule has 0 aliphatic heterocycles. The molecule has 0 radical (unpaired) electrons. The van der Waals surface area contributed by atoms with Gasteiger partial charge in [-0.3, -0.25) is 4.57 Å². The third-order valence-corrected chi connectivity index (χ3v) is 4.58. The van der Waals surface area contributed by atoms with Crippen molar-refractivity contribution in [2.75, 3.05) is 0 Å². The molecule has 1 aliphatic carbocycles. The monoisotopic (exact) mass is 232 g/mol. The molecule has 1 rings (SSSR count). The summed E-state index contributed by atoms with van der Waals surface area (Å²) in [7, 11) is -3.02. The number of hydrogen-bond acceptors (Lipinski definition) is 3. The lowest BCUT2D eigenvalue weighted by Crippen LogP contribution is -2.08. The molecule has 0 aromatic carbocycles. The Morgan fingerprint density at radius 1 is 1.20 bits per heavy atom. The van der Waals surface area contributed by atoms with Crippen molar-refractivity contribution in [2.45, 2.75) is 59.2 Å². The zero-order valence-electron chi connectivity index (χ0n) is 10.0. The summed E-state index contributed by atoms with van der Waals surface area (Å²) < 4.78 is 23.5. The molecule has 1 aliphatic rings. The van der Waals surface area contributed by atoms with Crippen molar-refractivity contribution in [3.8, 4) is 0 Å². The molecular formula is C11H21O3P. The molecule has 0 saturated heterocycles. The van der Waals surface area contributed by atoms with E-state index in [-0.39, 0.29) is 12.2 Å². The van der Waals surface area contributed by atoms with Crippen LogP contribution in [0.4, 0.5) is 0 Å². The molecule has 0 spiro atoms. The van der Waals surface area contributed by atoms with Gasteiger partial charge in [0.1, 0.15) is 0 Å². The molecule has 15 heavy (non-hydrogen) atoms. The third-order valence-electron chi connectivity index (χ3n) is 2.07. The molecule has 0 N–H and O–H groups in total. The van der Waals surface area contributed by atoms with Crippen molar-refractivity contribution in [3.05, 3.63) is 11.4 Å². The van der Waals surface area contributed by atoms with Gasteiger partial charge in [-0.05, 0) is 47.0 Å². The van der Waals surface area contributed by atoms with Gasteiger partial charge in [0.15, 0.2) is 0 Å². The quantitative estimate of drug-likeness (QED) is 0.669. The van der Waals surface area contributed by atoms with Crippen LogP contribution < -0.4 is 0 Å². The summed E-state index contributed by atoms with van der Waals surface area (Å²) >= 11 is 0. The summed E-state index contributed by atoms with van der Waals surface area (Å²) in [5, 5.41) is 0.866. The smallest absolute Gasteiger partial charge is 0.303 e. The highest BCUT2D eigenvalue weighted by Gasteiger charge is 2.33. The lowest BCUT2D eigenvalue weighted by Gasteiger charge is -2.23. The molecule has 0 aromatic heterocycles. The maximum atomic E-state index is 12.5. The normalized spacial score (nSPS) is 17.6. The first-order chi connectivity index (χ1) is 6.94. The van der Waals surface area contributed by atoms with Gasteiger partial charge in [0, 0.05) is 5.31 Å². The number of allylic oxidation sites excluding steroid dienone is 2. The Balaban J connectivity index is 2.80. The van der Waals surface area contributed by atoms with Crippen LogP contribution in [0.25, 0.3) is 0 Å². The predicted octanol–water partition coefficient (Wildman–Crippen LogP) is 4.10. The minimum absolute atomic E-state index is 0.0731. The van der Waals surface area contributed by atoms with E-state index in [4.69, 9.17) is 9.05 Å². The second kappa shape index (κ2) is 5.29. The van der Waals surface area contributed by atoms with Crippen molar-refractivity contribution < 1.29 is 13.6 Å². The van der Waals surface area contributed by atoms with Crippen LogP contribution in [0.15, 0.2) is 11.4 Å². The first-order valence-corrected chi connectivity index (χ1v) is 7.15. The average Bonchev–Trinajstić information content (AvgIpc) is 2.51. The van der Waals surface area contributed by atoms with Crippen LogP contribution >= 0.6 is 7.60 Å². The Morgan fingerprint density at radius 3 is 2.07 bits per heavy atom. The SMILES string of the molecule is CC(C)OP(=O)(OC(C)C)C1=CCCC1. The molecule has 0 unspecified atom stereocenters. The van der Waals surface area contributed by atoms with Crippen molar-refractivity contribution in [2.24, 2.45) is 0 Å². The molecule has 0 aromatic rings. The average molecular weight is 232 g/mol. The van der Waals surface area contributed by atoms with Gasteiger partial charge in [-0.1, -0.05) is 6.08 Å². The molecule has 88 valence electrons. The molecule has 0 fully saturated rings. The summed E-state index contributed by atoms with van der Waals surface area (Å²) in [6.45, 7) is 7.52. The van der Waals surface area contributed by atoms with Crippen LogP contribution in [-0.4, -0.2) is 12.2 Å². The van der Waals surface area contributed by atoms with Crippen molar-refractivity contribution >= 4 is 7.60 Å². The van der Waals surface area contributed by atoms with E-state index in [2.05, 4.69) is 0 Å². The first kappa shape index (κ1) is 13.0. The summed E-state index contributed by atoms with van der Waals surface area (Å²) in [4.78, 5) is 0. The zero-order chi connectivity index (χ0) is 11.5. The molecule has 0 bridgehead atoms. The van der Waals surface area contributed by atoms with Gasteiger partial charge >= 0.3 is 7.60 Å². The van der Waals surface area contributed by atoms with Crippen molar-refractivity contribution in [1.29, 1.82) is 0 Å². The van der Waals surface area contributed by atoms with E-state index in [1.807, 2.05) is 33.8 Å². The Hall–Kier alpha value is -0.110. The second-order valence-electron chi connectivity index (χ2n) is 4.39. The molecule has 3 nitrogen and oxygen atoms in total. The minimum Gasteiger partial charge on any atom is -0.303 e. The van der Waals surface area contributed by atoms with Crippen LogP contribution in [0, 0.1) is 0 Å². The highest BCUT2D eigenvalue weighted by Crippen LogP contribution is 2.60. The second-order valence-corrected chi connectivity index (χ2v) is 6.38. The standard InChI is InChI=1S/C11H21O3P/c1-9(2)13-15(12,14-10(3)4)11-7-5-6-8-11/h7,9-10H,5-6,8H2,1-4H3. The van der Waals surface area contributed by atoms with E-state index in [0.717, 1.165) is 24.6 Å². The fraction of sp³-hybridized carbons (Fsp3) is 0.818. The summed E-state index contributed by atoms with van der Waals surface area (Å²) in [6.07, 6.45) is 4.75. The van der Waals surface area contributed by atoms with Crippen LogP contribution in [0.2, 0.25) is 0 Å². The van der Waals surface area contributed by atoms with Crippen LogP contribution in [-0.2, 0) is 13.6 Å². The van der Waals surface area contributed by atoms with Crippen molar-refractivity contribution in [1.82, 2.24) is 0 Å². The van der Waals surface area contributed by atoms with E-state index in [1.165, 1.54) is 0 Å². The van der Waals surface area contributed by atoms with E-state index >= 15 is 0 Å². The topological polar surface area (TPSA) is 35.5 Å². The Morgan fingerprint density at radius 2 is 1.73 bits per heavy atom. The van der Waals surface area contributed by atoms with E-state index in [0.29, 0.717) is 0 Å². The number of rotatable bonds is 5.